The van der Waals surface area contributed by atoms with Crippen LogP contribution < -0.4 is 5.32 Å². The zero-order valence-corrected chi connectivity index (χ0v) is 12.6. The molecule has 1 unspecified atom stereocenters. The number of nitrogens with zero attached hydrogens (tertiary/aromatic N) is 1. The quantitative estimate of drug-likeness (QED) is 0.818. The maximum atomic E-state index is 12.2. The summed E-state index contributed by atoms with van der Waals surface area (Å²) in [4.78, 5) is 26.3. The van der Waals surface area contributed by atoms with Crippen molar-refractivity contribution in [1.82, 2.24) is 10.2 Å². The zero-order chi connectivity index (χ0) is 14.9. The van der Waals surface area contributed by atoms with Crippen LogP contribution in [0.2, 0.25) is 0 Å². The van der Waals surface area contributed by atoms with Crippen LogP contribution in [0.4, 0.5) is 0 Å². The molecule has 0 spiro atoms. The number of hydrogen-bond donors (Lipinski definition) is 2. The SMILES string of the molecule is O=C(NCC1(O)CCCC1)C1CC(=O)N(C2CCCC2)C1. The molecule has 2 N–H and O–H groups in total. The summed E-state index contributed by atoms with van der Waals surface area (Å²) in [5.74, 6) is -0.172. The molecule has 3 aliphatic rings. The molecule has 1 heterocycles. The highest BCUT2D eigenvalue weighted by atomic mass is 16.3. The van der Waals surface area contributed by atoms with Crippen LogP contribution in [0.1, 0.15) is 57.8 Å². The molecule has 2 amide bonds. The molecule has 5 nitrogen and oxygen atoms in total. The molecule has 2 aliphatic carbocycles. The van der Waals surface area contributed by atoms with Crippen molar-refractivity contribution < 1.29 is 14.7 Å². The fraction of sp³-hybridized carbons (Fsp3) is 0.875. The van der Waals surface area contributed by atoms with Crippen LogP contribution in [0.5, 0.6) is 0 Å². The van der Waals surface area contributed by atoms with Crippen LogP contribution >= 0.6 is 0 Å². The normalized spacial score (nSPS) is 29.3. The number of likely N-dealkylation sites (tertiary alicyclic amines) is 1. The maximum Gasteiger partial charge on any atom is 0.225 e. The number of aliphatic hydroxyl groups is 1. The van der Waals surface area contributed by atoms with Gasteiger partial charge in [0.1, 0.15) is 0 Å². The number of carbonyl (C=O) groups excluding carboxylic acids is 2. The van der Waals surface area contributed by atoms with E-state index in [4.69, 9.17) is 0 Å². The fourth-order valence-electron chi connectivity index (χ4n) is 4.08. The molecule has 0 aromatic carbocycles. The highest BCUT2D eigenvalue weighted by Crippen LogP contribution is 2.31. The van der Waals surface area contributed by atoms with E-state index < -0.39 is 5.60 Å². The monoisotopic (exact) mass is 294 g/mol. The van der Waals surface area contributed by atoms with Gasteiger partial charge in [0.25, 0.3) is 0 Å². The Kier molecular flexibility index (Phi) is 4.20. The molecule has 21 heavy (non-hydrogen) atoms. The number of amides is 2. The Balaban J connectivity index is 1.50. The zero-order valence-electron chi connectivity index (χ0n) is 12.6. The second kappa shape index (κ2) is 5.95. The highest BCUT2D eigenvalue weighted by Gasteiger charge is 2.39. The number of hydrogen-bond acceptors (Lipinski definition) is 3. The van der Waals surface area contributed by atoms with Gasteiger partial charge in [0, 0.05) is 25.6 Å². The Morgan fingerprint density at radius 2 is 1.90 bits per heavy atom. The lowest BCUT2D eigenvalue weighted by molar-refractivity contribution is -0.130. The van der Waals surface area contributed by atoms with E-state index in [1.807, 2.05) is 4.90 Å². The van der Waals surface area contributed by atoms with E-state index in [9.17, 15) is 14.7 Å². The van der Waals surface area contributed by atoms with Gasteiger partial charge in [-0.3, -0.25) is 9.59 Å². The summed E-state index contributed by atoms with van der Waals surface area (Å²) in [6, 6.07) is 0.356. The molecule has 0 radical (unpaired) electrons. The van der Waals surface area contributed by atoms with Crippen molar-refractivity contribution in [3.63, 3.8) is 0 Å². The summed E-state index contributed by atoms with van der Waals surface area (Å²) in [7, 11) is 0. The smallest absolute Gasteiger partial charge is 0.225 e. The lowest BCUT2D eigenvalue weighted by Crippen LogP contribution is -2.43. The van der Waals surface area contributed by atoms with Crippen molar-refractivity contribution in [3.05, 3.63) is 0 Å². The van der Waals surface area contributed by atoms with Gasteiger partial charge in [-0.1, -0.05) is 25.7 Å². The van der Waals surface area contributed by atoms with Gasteiger partial charge in [-0.2, -0.15) is 0 Å². The van der Waals surface area contributed by atoms with Gasteiger partial charge in [-0.25, -0.2) is 0 Å². The number of nitrogens with one attached hydrogen (secondary N) is 1. The van der Waals surface area contributed by atoms with E-state index in [-0.39, 0.29) is 17.7 Å². The third-order valence-corrected chi connectivity index (χ3v) is 5.42. The van der Waals surface area contributed by atoms with Crippen molar-refractivity contribution >= 4 is 11.8 Å². The molecule has 5 heteroatoms. The first-order chi connectivity index (χ1) is 10.1. The second-order valence-corrected chi connectivity index (χ2v) is 7.03. The minimum absolute atomic E-state index is 0.0656. The van der Waals surface area contributed by atoms with Crippen molar-refractivity contribution in [3.8, 4) is 0 Å². The highest BCUT2D eigenvalue weighted by molar-refractivity contribution is 5.89. The van der Waals surface area contributed by atoms with Gasteiger partial charge in [0.15, 0.2) is 0 Å². The first-order valence-electron chi connectivity index (χ1n) is 8.37. The van der Waals surface area contributed by atoms with Crippen LogP contribution in [-0.2, 0) is 9.59 Å². The van der Waals surface area contributed by atoms with Crippen LogP contribution in [0.25, 0.3) is 0 Å². The minimum atomic E-state index is -0.719. The van der Waals surface area contributed by atoms with Gasteiger partial charge in [0.05, 0.1) is 11.5 Å². The average Bonchev–Trinajstić information content (AvgIpc) is 3.17. The van der Waals surface area contributed by atoms with E-state index in [1.165, 1.54) is 12.8 Å². The Morgan fingerprint density at radius 3 is 2.57 bits per heavy atom. The minimum Gasteiger partial charge on any atom is -0.388 e. The van der Waals surface area contributed by atoms with E-state index in [0.717, 1.165) is 38.5 Å². The van der Waals surface area contributed by atoms with Gasteiger partial charge >= 0.3 is 0 Å². The molecule has 0 aromatic rings. The van der Waals surface area contributed by atoms with Crippen molar-refractivity contribution in [2.75, 3.05) is 13.1 Å². The van der Waals surface area contributed by atoms with Crippen LogP contribution in [0, 0.1) is 5.92 Å². The molecular formula is C16H26N2O3. The molecule has 2 saturated carbocycles. The molecule has 118 valence electrons. The molecular weight excluding hydrogens is 268 g/mol. The summed E-state index contributed by atoms with van der Waals surface area (Å²) in [5.41, 5.74) is -0.719. The maximum absolute atomic E-state index is 12.2. The standard InChI is InChI=1S/C16H26N2O3/c19-14-9-12(10-18(14)13-5-1-2-6-13)15(20)17-11-16(21)7-3-4-8-16/h12-13,21H,1-11H2,(H,17,20). The van der Waals surface area contributed by atoms with Crippen molar-refractivity contribution in [1.29, 1.82) is 0 Å². The molecule has 3 rings (SSSR count). The first kappa shape index (κ1) is 14.8. The van der Waals surface area contributed by atoms with Crippen LogP contribution in [-0.4, -0.2) is 46.6 Å². The molecule has 0 bridgehead atoms. The average molecular weight is 294 g/mol. The topological polar surface area (TPSA) is 69.6 Å². The van der Waals surface area contributed by atoms with Gasteiger partial charge in [-0.15, -0.1) is 0 Å². The van der Waals surface area contributed by atoms with Crippen molar-refractivity contribution in [2.24, 2.45) is 5.92 Å². The summed E-state index contributed by atoms with van der Waals surface area (Å²) in [5, 5.41) is 13.1. The lowest BCUT2D eigenvalue weighted by atomic mass is 10.0. The molecule has 0 aromatic heterocycles. The Bertz CT molecular complexity index is 412. The first-order valence-corrected chi connectivity index (χ1v) is 8.37. The Morgan fingerprint density at radius 1 is 1.24 bits per heavy atom. The van der Waals surface area contributed by atoms with Gasteiger partial charge in [-0.05, 0) is 25.7 Å². The summed E-state index contributed by atoms with van der Waals surface area (Å²) in [6.07, 6.45) is 8.49. The van der Waals surface area contributed by atoms with E-state index in [0.29, 0.717) is 25.6 Å². The third kappa shape index (κ3) is 3.23. The van der Waals surface area contributed by atoms with E-state index in [1.54, 1.807) is 0 Å². The molecule has 1 atom stereocenters. The lowest BCUT2D eigenvalue weighted by Gasteiger charge is -2.25. The number of rotatable bonds is 4. The van der Waals surface area contributed by atoms with Gasteiger partial charge < -0.3 is 15.3 Å². The Hall–Kier alpha value is -1.10. The van der Waals surface area contributed by atoms with E-state index in [2.05, 4.69) is 5.32 Å². The van der Waals surface area contributed by atoms with E-state index >= 15 is 0 Å². The van der Waals surface area contributed by atoms with Gasteiger partial charge in [0.2, 0.25) is 11.8 Å². The fourth-order valence-corrected chi connectivity index (χ4v) is 4.08. The summed E-state index contributed by atoms with van der Waals surface area (Å²) in [6.45, 7) is 0.897. The summed E-state index contributed by atoms with van der Waals surface area (Å²) >= 11 is 0. The largest absolute Gasteiger partial charge is 0.388 e. The predicted octanol–water partition coefficient (Wildman–Crippen LogP) is 1.20. The van der Waals surface area contributed by atoms with Crippen LogP contribution in [0.3, 0.4) is 0 Å². The van der Waals surface area contributed by atoms with Crippen LogP contribution in [0.15, 0.2) is 0 Å². The second-order valence-electron chi connectivity index (χ2n) is 7.03. The Labute approximate surface area is 126 Å². The predicted molar refractivity (Wildman–Crippen MR) is 78.5 cm³/mol. The summed E-state index contributed by atoms with van der Waals surface area (Å²) < 4.78 is 0. The third-order valence-electron chi connectivity index (χ3n) is 5.42. The number of carbonyl (C=O) groups is 2. The molecule has 1 aliphatic heterocycles. The molecule has 3 fully saturated rings. The molecule has 1 saturated heterocycles. The van der Waals surface area contributed by atoms with Crippen molar-refractivity contribution in [2.45, 2.75) is 69.4 Å².